The van der Waals surface area contributed by atoms with E-state index in [0.29, 0.717) is 0 Å². The Balaban J connectivity index is 2.15. The lowest BCUT2D eigenvalue weighted by molar-refractivity contribution is -0.384. The van der Waals surface area contributed by atoms with Gasteiger partial charge in [-0.3, -0.25) is 19.7 Å². The average Bonchev–Trinajstić information content (AvgIpc) is 2.57. The van der Waals surface area contributed by atoms with E-state index in [0.717, 1.165) is 18.2 Å². The van der Waals surface area contributed by atoms with E-state index < -0.39 is 22.6 Å². The number of hydrogen-bond donors (Lipinski definition) is 2. The summed E-state index contributed by atoms with van der Waals surface area (Å²) in [6.45, 7) is 0. The second-order valence-corrected chi connectivity index (χ2v) is 5.09. The molecule has 130 valence electrons. The van der Waals surface area contributed by atoms with E-state index in [1.54, 1.807) is 0 Å². The molecule has 0 aliphatic heterocycles. The van der Waals surface area contributed by atoms with Crippen molar-refractivity contribution in [2.75, 3.05) is 17.7 Å². The molecular weight excluding hydrogens is 357 g/mol. The summed E-state index contributed by atoms with van der Waals surface area (Å²) in [5, 5.41) is 15.0. The number of carbonyl (C=O) groups excluding carboxylic acids is 2. The first-order chi connectivity index (χ1) is 11.8. The maximum atomic E-state index is 13.1. The minimum absolute atomic E-state index is 0.0472. The number of anilines is 2. The maximum Gasteiger partial charge on any atom is 0.314 e. The van der Waals surface area contributed by atoms with E-state index in [2.05, 4.69) is 10.6 Å². The minimum Gasteiger partial charge on any atom is -0.495 e. The number of nitrogens with zero attached hydrogens (tertiary/aromatic N) is 1. The first-order valence-electron chi connectivity index (χ1n) is 6.71. The third-order valence-corrected chi connectivity index (χ3v) is 3.32. The fourth-order valence-electron chi connectivity index (χ4n) is 1.85. The largest absolute Gasteiger partial charge is 0.495 e. The van der Waals surface area contributed by atoms with Gasteiger partial charge in [-0.25, -0.2) is 4.39 Å². The molecule has 2 amide bonds. The highest BCUT2D eigenvalue weighted by atomic mass is 35.5. The molecule has 0 saturated carbocycles. The minimum atomic E-state index is -1.10. The Kier molecular flexibility index (Phi) is 5.50. The first kappa shape index (κ1) is 18.1. The van der Waals surface area contributed by atoms with Gasteiger partial charge < -0.3 is 15.4 Å². The summed E-state index contributed by atoms with van der Waals surface area (Å²) >= 11 is 5.59. The Hall–Kier alpha value is -3.20. The number of non-ortho nitro benzene ring substituents is 1. The molecule has 0 aliphatic carbocycles. The standard InChI is InChI=1S/C15H11ClFN3O5/c1-25-13-5-3-9(20(23)24)7-12(13)19-15(22)14(21)18-8-2-4-11(17)10(16)6-8/h2-7H,1H3,(H,18,21)(H,19,22). The predicted molar refractivity (Wildman–Crippen MR) is 88.3 cm³/mol. The number of halogens is 2. The zero-order valence-corrected chi connectivity index (χ0v) is 13.5. The Labute approximate surface area is 145 Å². The molecule has 0 unspecified atom stereocenters. The number of ether oxygens (including phenoxy) is 1. The number of methoxy groups -OCH3 is 1. The highest BCUT2D eigenvalue weighted by Crippen LogP contribution is 2.28. The lowest BCUT2D eigenvalue weighted by atomic mass is 10.2. The Bertz CT molecular complexity index is 859. The Morgan fingerprint density at radius 3 is 2.44 bits per heavy atom. The van der Waals surface area contributed by atoms with Gasteiger partial charge in [0.1, 0.15) is 11.6 Å². The van der Waals surface area contributed by atoms with Crippen LogP contribution in [0.25, 0.3) is 0 Å². The number of benzene rings is 2. The average molecular weight is 368 g/mol. The topological polar surface area (TPSA) is 111 Å². The van der Waals surface area contributed by atoms with Crippen LogP contribution in [0.2, 0.25) is 5.02 Å². The van der Waals surface area contributed by atoms with Crippen LogP contribution in [-0.4, -0.2) is 23.8 Å². The summed E-state index contributed by atoms with van der Waals surface area (Å²) in [7, 11) is 1.30. The number of hydrogen-bond acceptors (Lipinski definition) is 5. The van der Waals surface area contributed by atoms with Gasteiger partial charge in [-0.15, -0.1) is 0 Å². The van der Waals surface area contributed by atoms with Crippen molar-refractivity contribution in [2.45, 2.75) is 0 Å². The van der Waals surface area contributed by atoms with Gasteiger partial charge in [0.2, 0.25) is 0 Å². The van der Waals surface area contributed by atoms with Gasteiger partial charge in [0, 0.05) is 17.8 Å². The predicted octanol–water partition coefficient (Wildman–Crippen LogP) is 2.97. The van der Waals surface area contributed by atoms with E-state index in [1.807, 2.05) is 0 Å². The Morgan fingerprint density at radius 2 is 1.84 bits per heavy atom. The molecule has 0 spiro atoms. The van der Waals surface area contributed by atoms with E-state index >= 15 is 0 Å². The molecule has 2 aromatic rings. The molecule has 0 aromatic heterocycles. The SMILES string of the molecule is COc1ccc([N+](=O)[O-])cc1NC(=O)C(=O)Nc1ccc(F)c(Cl)c1. The second-order valence-electron chi connectivity index (χ2n) is 4.68. The van der Waals surface area contributed by atoms with Crippen LogP contribution in [0.4, 0.5) is 21.5 Å². The third-order valence-electron chi connectivity index (χ3n) is 3.03. The number of carbonyl (C=O) groups is 2. The van der Waals surface area contributed by atoms with Crippen molar-refractivity contribution in [1.29, 1.82) is 0 Å². The second kappa shape index (κ2) is 7.58. The fraction of sp³-hybridized carbons (Fsp3) is 0.0667. The molecule has 10 heteroatoms. The molecule has 0 heterocycles. The van der Waals surface area contributed by atoms with E-state index in [1.165, 1.54) is 25.3 Å². The zero-order chi connectivity index (χ0) is 18.6. The number of nitro benzene ring substituents is 1. The smallest absolute Gasteiger partial charge is 0.314 e. The van der Waals surface area contributed by atoms with Crippen LogP contribution in [-0.2, 0) is 9.59 Å². The lowest BCUT2D eigenvalue weighted by Crippen LogP contribution is -2.29. The molecule has 0 fully saturated rings. The Morgan fingerprint density at radius 1 is 1.16 bits per heavy atom. The summed E-state index contributed by atoms with van der Waals surface area (Å²) in [5.74, 6) is -2.71. The quantitative estimate of drug-likeness (QED) is 0.490. The van der Waals surface area contributed by atoms with Gasteiger partial charge >= 0.3 is 11.8 Å². The van der Waals surface area contributed by atoms with Crippen LogP contribution in [0, 0.1) is 15.9 Å². The van der Waals surface area contributed by atoms with Crippen LogP contribution in [0.15, 0.2) is 36.4 Å². The maximum absolute atomic E-state index is 13.1. The van der Waals surface area contributed by atoms with Crippen LogP contribution < -0.4 is 15.4 Å². The summed E-state index contributed by atoms with van der Waals surface area (Å²) in [4.78, 5) is 34.0. The van der Waals surface area contributed by atoms with Gasteiger partial charge in [0.25, 0.3) is 5.69 Å². The molecule has 0 bridgehead atoms. The van der Waals surface area contributed by atoms with Crippen molar-refractivity contribution < 1.29 is 23.6 Å². The molecule has 2 rings (SSSR count). The summed E-state index contributed by atoms with van der Waals surface area (Å²) in [6.07, 6.45) is 0. The normalized spacial score (nSPS) is 10.0. The van der Waals surface area contributed by atoms with Crippen LogP contribution in [0.5, 0.6) is 5.75 Å². The zero-order valence-electron chi connectivity index (χ0n) is 12.7. The van der Waals surface area contributed by atoms with Crippen LogP contribution in [0.3, 0.4) is 0 Å². The molecule has 0 radical (unpaired) electrons. The summed E-state index contributed by atoms with van der Waals surface area (Å²) < 4.78 is 18.1. The summed E-state index contributed by atoms with van der Waals surface area (Å²) in [5.41, 5.74) is -0.228. The molecule has 0 saturated heterocycles. The monoisotopic (exact) mass is 367 g/mol. The van der Waals surface area contributed by atoms with Crippen LogP contribution in [0.1, 0.15) is 0 Å². The molecule has 0 atom stereocenters. The van der Waals surface area contributed by atoms with E-state index in [9.17, 15) is 24.1 Å². The van der Waals surface area contributed by atoms with Crippen molar-refractivity contribution in [3.63, 3.8) is 0 Å². The number of nitrogens with one attached hydrogen (secondary N) is 2. The van der Waals surface area contributed by atoms with E-state index in [4.69, 9.17) is 16.3 Å². The highest BCUT2D eigenvalue weighted by Gasteiger charge is 2.19. The number of rotatable bonds is 4. The van der Waals surface area contributed by atoms with Gasteiger partial charge in [-0.1, -0.05) is 11.6 Å². The molecule has 2 aromatic carbocycles. The molecular formula is C15H11ClFN3O5. The molecule has 25 heavy (non-hydrogen) atoms. The van der Waals surface area contributed by atoms with Gasteiger partial charge in [-0.05, 0) is 24.3 Å². The van der Waals surface area contributed by atoms with Crippen molar-refractivity contribution >= 4 is 40.5 Å². The molecule has 0 aliphatic rings. The van der Waals surface area contributed by atoms with Crippen molar-refractivity contribution in [3.05, 3.63) is 57.4 Å². The highest BCUT2D eigenvalue weighted by molar-refractivity contribution is 6.44. The van der Waals surface area contributed by atoms with E-state index in [-0.39, 0.29) is 27.8 Å². The molecule has 8 nitrogen and oxygen atoms in total. The third kappa shape index (κ3) is 4.42. The van der Waals surface area contributed by atoms with Crippen molar-refractivity contribution in [3.8, 4) is 5.75 Å². The van der Waals surface area contributed by atoms with Crippen molar-refractivity contribution in [1.82, 2.24) is 0 Å². The van der Waals surface area contributed by atoms with Gasteiger partial charge in [-0.2, -0.15) is 0 Å². The van der Waals surface area contributed by atoms with Gasteiger partial charge in [0.05, 0.1) is 22.7 Å². The first-order valence-corrected chi connectivity index (χ1v) is 7.09. The van der Waals surface area contributed by atoms with Crippen molar-refractivity contribution in [2.24, 2.45) is 0 Å². The van der Waals surface area contributed by atoms with Gasteiger partial charge in [0.15, 0.2) is 0 Å². The molecule has 2 N–H and O–H groups in total. The summed E-state index contributed by atoms with van der Waals surface area (Å²) in [6, 6.07) is 6.91. The fourth-order valence-corrected chi connectivity index (χ4v) is 2.03. The number of amides is 2. The number of nitro groups is 1. The lowest BCUT2D eigenvalue weighted by Gasteiger charge is -2.10. The van der Waals surface area contributed by atoms with Crippen LogP contribution >= 0.6 is 11.6 Å².